The summed E-state index contributed by atoms with van der Waals surface area (Å²) in [6, 6.07) is -0.192. The minimum Gasteiger partial charge on any atom is -0.380 e. The smallest absolute Gasteiger partial charge is 0.238 e. The molecule has 0 aliphatic carbocycles. The molecule has 2 N–H and O–H groups in total. The Bertz CT molecular complexity index is 281. The predicted molar refractivity (Wildman–Crippen MR) is 58.3 cm³/mol. The molecule has 4 nitrogen and oxygen atoms in total. The fourth-order valence-corrected chi connectivity index (χ4v) is 1.51. The van der Waals surface area contributed by atoms with E-state index in [-0.39, 0.29) is 18.1 Å². The van der Waals surface area contributed by atoms with Crippen LogP contribution in [0.5, 0.6) is 0 Å². The van der Waals surface area contributed by atoms with Crippen LogP contribution in [-0.4, -0.2) is 37.2 Å². The number of methoxy groups -OCH3 is 1. The molecule has 0 saturated carbocycles. The Balaban J connectivity index is 2.46. The Morgan fingerprint density at radius 1 is 1.67 bits per heavy atom. The Morgan fingerprint density at radius 2 is 2.33 bits per heavy atom. The molecular weight excluding hydrogens is 192 g/mol. The summed E-state index contributed by atoms with van der Waals surface area (Å²) in [6.07, 6.45) is 6.11. The summed E-state index contributed by atoms with van der Waals surface area (Å²) in [5.41, 5.74) is -0.593. The second-order valence-electron chi connectivity index (χ2n) is 4.31. The molecule has 1 fully saturated rings. The average Bonchev–Trinajstić information content (AvgIpc) is 2.65. The molecule has 2 unspecified atom stereocenters. The van der Waals surface area contributed by atoms with E-state index in [0.29, 0.717) is 13.0 Å². The average molecular weight is 210 g/mol. The van der Waals surface area contributed by atoms with Crippen LogP contribution in [0.15, 0.2) is 0 Å². The number of hydrogen-bond donors (Lipinski definition) is 2. The van der Waals surface area contributed by atoms with Crippen molar-refractivity contribution in [3.63, 3.8) is 0 Å². The molecule has 1 rings (SSSR count). The van der Waals surface area contributed by atoms with Crippen LogP contribution in [0.1, 0.15) is 20.3 Å². The van der Waals surface area contributed by atoms with E-state index in [1.165, 1.54) is 0 Å². The molecule has 0 spiro atoms. The van der Waals surface area contributed by atoms with Crippen LogP contribution in [0.2, 0.25) is 0 Å². The third kappa shape index (κ3) is 3.22. The first-order chi connectivity index (χ1) is 6.98. The van der Waals surface area contributed by atoms with E-state index in [1.807, 2.05) is 0 Å². The number of nitrogens with one attached hydrogen (secondary N) is 2. The Kier molecular flexibility index (Phi) is 3.72. The van der Waals surface area contributed by atoms with Gasteiger partial charge in [-0.3, -0.25) is 4.79 Å². The Labute approximate surface area is 90.8 Å². The number of rotatable bonds is 3. The quantitative estimate of drug-likeness (QED) is 0.639. The first kappa shape index (κ1) is 12.0. The maximum atomic E-state index is 11.8. The van der Waals surface area contributed by atoms with Crippen LogP contribution in [-0.2, 0) is 9.53 Å². The van der Waals surface area contributed by atoms with E-state index in [2.05, 4.69) is 16.6 Å². The van der Waals surface area contributed by atoms with Gasteiger partial charge in [-0.15, -0.1) is 6.42 Å². The van der Waals surface area contributed by atoms with Crippen LogP contribution in [0.25, 0.3) is 0 Å². The molecule has 15 heavy (non-hydrogen) atoms. The summed E-state index contributed by atoms with van der Waals surface area (Å²) in [5, 5.41) is 5.90. The van der Waals surface area contributed by atoms with Crippen molar-refractivity contribution in [3.8, 4) is 12.3 Å². The van der Waals surface area contributed by atoms with Gasteiger partial charge < -0.3 is 15.4 Å². The van der Waals surface area contributed by atoms with Crippen LogP contribution in [0, 0.1) is 12.3 Å². The standard InChI is InChI=1S/C11H18N2O2/c1-5-11(2,3)13-10(14)9-6-8(15-4)7-12-9/h1,8-9,12H,6-7H2,2-4H3,(H,13,14). The third-order valence-electron chi connectivity index (χ3n) is 2.54. The molecule has 4 heteroatoms. The first-order valence-corrected chi connectivity index (χ1v) is 5.04. The zero-order valence-corrected chi connectivity index (χ0v) is 9.46. The number of amides is 1. The van der Waals surface area contributed by atoms with Gasteiger partial charge in [-0.05, 0) is 20.3 Å². The van der Waals surface area contributed by atoms with Gasteiger partial charge in [0.05, 0.1) is 17.7 Å². The molecule has 0 aromatic carbocycles. The van der Waals surface area contributed by atoms with Crippen molar-refractivity contribution in [1.82, 2.24) is 10.6 Å². The normalized spacial score (nSPS) is 26.0. The van der Waals surface area contributed by atoms with Crippen LogP contribution >= 0.6 is 0 Å². The van der Waals surface area contributed by atoms with Gasteiger partial charge in [-0.1, -0.05) is 5.92 Å². The van der Waals surface area contributed by atoms with Crippen molar-refractivity contribution >= 4 is 5.91 Å². The largest absolute Gasteiger partial charge is 0.380 e. The van der Waals surface area contributed by atoms with Gasteiger partial charge >= 0.3 is 0 Å². The number of terminal acetylenes is 1. The zero-order valence-electron chi connectivity index (χ0n) is 9.46. The highest BCUT2D eigenvalue weighted by Crippen LogP contribution is 2.11. The summed E-state index contributed by atoms with van der Waals surface area (Å²) in [5.74, 6) is 2.47. The third-order valence-corrected chi connectivity index (χ3v) is 2.54. The molecule has 1 aliphatic rings. The monoisotopic (exact) mass is 210 g/mol. The second kappa shape index (κ2) is 4.65. The van der Waals surface area contributed by atoms with Crippen molar-refractivity contribution in [3.05, 3.63) is 0 Å². The highest BCUT2D eigenvalue weighted by atomic mass is 16.5. The van der Waals surface area contributed by atoms with Crippen molar-refractivity contribution in [2.24, 2.45) is 0 Å². The van der Waals surface area contributed by atoms with Crippen molar-refractivity contribution < 1.29 is 9.53 Å². The zero-order chi connectivity index (χ0) is 11.5. The molecule has 0 bridgehead atoms. The molecule has 1 amide bonds. The summed E-state index contributed by atoms with van der Waals surface area (Å²) in [6.45, 7) is 4.31. The fraction of sp³-hybridized carbons (Fsp3) is 0.727. The lowest BCUT2D eigenvalue weighted by atomic mass is 10.1. The lowest BCUT2D eigenvalue weighted by Gasteiger charge is -2.22. The maximum absolute atomic E-state index is 11.8. The van der Waals surface area contributed by atoms with Crippen molar-refractivity contribution in [2.45, 2.75) is 38.0 Å². The summed E-state index contributed by atoms with van der Waals surface area (Å²) >= 11 is 0. The van der Waals surface area contributed by atoms with E-state index in [0.717, 1.165) is 0 Å². The summed E-state index contributed by atoms with van der Waals surface area (Å²) < 4.78 is 5.17. The molecule has 1 saturated heterocycles. The van der Waals surface area contributed by atoms with E-state index < -0.39 is 5.54 Å². The van der Waals surface area contributed by atoms with Gasteiger partial charge in [0, 0.05) is 13.7 Å². The number of carbonyl (C=O) groups excluding carboxylic acids is 1. The SMILES string of the molecule is C#CC(C)(C)NC(=O)C1CC(OC)CN1. The van der Waals surface area contributed by atoms with E-state index in [4.69, 9.17) is 11.2 Å². The number of hydrogen-bond acceptors (Lipinski definition) is 3. The molecule has 0 aromatic rings. The number of carbonyl (C=O) groups is 1. The molecule has 84 valence electrons. The Hall–Kier alpha value is -1.05. The maximum Gasteiger partial charge on any atom is 0.238 e. The van der Waals surface area contributed by atoms with Crippen LogP contribution in [0.4, 0.5) is 0 Å². The highest BCUT2D eigenvalue weighted by Gasteiger charge is 2.31. The van der Waals surface area contributed by atoms with E-state index in [1.54, 1.807) is 21.0 Å². The minimum absolute atomic E-state index is 0.0579. The van der Waals surface area contributed by atoms with Crippen LogP contribution < -0.4 is 10.6 Å². The van der Waals surface area contributed by atoms with E-state index in [9.17, 15) is 4.79 Å². The first-order valence-electron chi connectivity index (χ1n) is 5.04. The summed E-state index contributed by atoms with van der Waals surface area (Å²) in [7, 11) is 1.65. The van der Waals surface area contributed by atoms with Gasteiger partial charge in [0.15, 0.2) is 0 Å². The van der Waals surface area contributed by atoms with Crippen molar-refractivity contribution in [2.75, 3.05) is 13.7 Å². The number of ether oxygens (including phenoxy) is 1. The fourth-order valence-electron chi connectivity index (χ4n) is 1.51. The minimum atomic E-state index is -0.593. The van der Waals surface area contributed by atoms with Gasteiger partial charge in [-0.2, -0.15) is 0 Å². The molecular formula is C11H18N2O2. The van der Waals surface area contributed by atoms with Gasteiger partial charge in [-0.25, -0.2) is 0 Å². The lowest BCUT2D eigenvalue weighted by Crippen LogP contribution is -2.49. The molecule has 1 heterocycles. The Morgan fingerprint density at radius 3 is 2.80 bits per heavy atom. The predicted octanol–water partition coefficient (Wildman–Crippen LogP) is -0.109. The highest BCUT2D eigenvalue weighted by molar-refractivity contribution is 5.83. The second-order valence-corrected chi connectivity index (χ2v) is 4.31. The van der Waals surface area contributed by atoms with Gasteiger partial charge in [0.2, 0.25) is 5.91 Å². The van der Waals surface area contributed by atoms with Crippen molar-refractivity contribution in [1.29, 1.82) is 0 Å². The topological polar surface area (TPSA) is 50.4 Å². The lowest BCUT2D eigenvalue weighted by molar-refractivity contribution is -0.124. The molecule has 0 radical (unpaired) electrons. The van der Waals surface area contributed by atoms with Crippen LogP contribution in [0.3, 0.4) is 0 Å². The van der Waals surface area contributed by atoms with Gasteiger partial charge in [0.1, 0.15) is 0 Å². The molecule has 0 aromatic heterocycles. The molecule has 1 aliphatic heterocycles. The van der Waals surface area contributed by atoms with Gasteiger partial charge in [0.25, 0.3) is 0 Å². The summed E-state index contributed by atoms with van der Waals surface area (Å²) in [4.78, 5) is 11.8. The van der Waals surface area contributed by atoms with E-state index >= 15 is 0 Å². The molecule has 2 atom stereocenters.